The fourth-order valence-corrected chi connectivity index (χ4v) is 2.50. The Hall–Kier alpha value is -0.350. The van der Waals surface area contributed by atoms with E-state index in [0.29, 0.717) is 13.0 Å². The van der Waals surface area contributed by atoms with Crippen molar-refractivity contribution in [2.45, 2.75) is 6.42 Å². The van der Waals surface area contributed by atoms with Gasteiger partial charge in [0, 0.05) is 12.5 Å². The number of ketones is 1. The summed E-state index contributed by atoms with van der Waals surface area (Å²) in [6.45, 7) is 0.523. The Bertz CT molecular complexity index is 305. The van der Waals surface area contributed by atoms with Gasteiger partial charge in [-0.3, -0.25) is 4.79 Å². The number of hydrogen-bond acceptors (Lipinski definition) is 3. The second-order valence-corrected chi connectivity index (χ2v) is 4.70. The van der Waals surface area contributed by atoms with Gasteiger partial charge in [0.05, 0.1) is 10.4 Å². The maximum absolute atomic E-state index is 11.2. The largest absolute Gasteiger partial charge is 0.491 e. The first-order chi connectivity index (χ1) is 5.27. The van der Waals surface area contributed by atoms with Gasteiger partial charge in [0.15, 0.2) is 5.78 Å². The smallest absolute Gasteiger partial charge is 0.179 e. The van der Waals surface area contributed by atoms with Crippen molar-refractivity contribution in [2.24, 2.45) is 0 Å². The van der Waals surface area contributed by atoms with Gasteiger partial charge in [-0.25, -0.2) is 0 Å². The second kappa shape index (κ2) is 2.60. The number of thiophene rings is 1. The minimum absolute atomic E-state index is 0.196. The summed E-state index contributed by atoms with van der Waals surface area (Å²) in [5.74, 6) is 0.931. The summed E-state index contributed by atoms with van der Waals surface area (Å²) in [5, 5.41) is 0. The number of ether oxygens (including phenoxy) is 1. The van der Waals surface area contributed by atoms with E-state index in [1.165, 1.54) is 11.3 Å². The van der Waals surface area contributed by atoms with E-state index in [-0.39, 0.29) is 5.78 Å². The molecule has 0 bridgehead atoms. The highest BCUT2D eigenvalue weighted by Crippen LogP contribution is 2.36. The number of hydrogen-bond donors (Lipinski definition) is 0. The van der Waals surface area contributed by atoms with E-state index in [9.17, 15) is 4.79 Å². The molecule has 0 saturated heterocycles. The van der Waals surface area contributed by atoms with Gasteiger partial charge < -0.3 is 4.74 Å². The van der Waals surface area contributed by atoms with Crippen LogP contribution in [0.3, 0.4) is 0 Å². The Morgan fingerprint density at radius 2 is 2.45 bits per heavy atom. The minimum atomic E-state index is 0.196. The highest BCUT2D eigenvalue weighted by molar-refractivity contribution is 9.11. The number of carbonyl (C=O) groups is 1. The van der Waals surface area contributed by atoms with Crippen LogP contribution in [0.15, 0.2) is 9.85 Å². The molecule has 58 valence electrons. The lowest BCUT2D eigenvalue weighted by Gasteiger charge is -2.10. The van der Waals surface area contributed by atoms with Gasteiger partial charge in [-0.1, -0.05) is 0 Å². The Balaban J connectivity index is 2.52. The molecule has 0 aromatic carbocycles. The summed E-state index contributed by atoms with van der Waals surface area (Å²) >= 11 is 4.75. The van der Waals surface area contributed by atoms with Crippen LogP contribution in [0.2, 0.25) is 0 Å². The third kappa shape index (κ3) is 1.20. The third-order valence-electron chi connectivity index (χ3n) is 1.51. The molecule has 0 atom stereocenters. The summed E-state index contributed by atoms with van der Waals surface area (Å²) in [7, 11) is 0. The van der Waals surface area contributed by atoms with E-state index >= 15 is 0 Å². The van der Waals surface area contributed by atoms with Crippen LogP contribution < -0.4 is 4.74 Å². The first kappa shape index (κ1) is 7.31. The molecule has 2 nitrogen and oxygen atoms in total. The van der Waals surface area contributed by atoms with Crippen molar-refractivity contribution in [3.05, 3.63) is 14.7 Å². The number of fused-ring (bicyclic) bond motifs is 1. The molecular formula is C7H5BrO2S. The van der Waals surface area contributed by atoms with Crippen molar-refractivity contribution >= 4 is 33.0 Å². The van der Waals surface area contributed by atoms with Gasteiger partial charge >= 0.3 is 0 Å². The number of carbonyl (C=O) groups excluding carboxylic acids is 1. The quantitative estimate of drug-likeness (QED) is 0.688. The summed E-state index contributed by atoms with van der Waals surface area (Å²) in [4.78, 5) is 12.0. The van der Waals surface area contributed by atoms with E-state index in [1.807, 2.05) is 6.07 Å². The molecule has 4 heteroatoms. The normalized spacial score (nSPS) is 15.9. The molecule has 1 aliphatic heterocycles. The van der Waals surface area contributed by atoms with Crippen LogP contribution in [0, 0.1) is 0 Å². The molecule has 0 aliphatic carbocycles. The third-order valence-corrected chi connectivity index (χ3v) is 3.17. The fraction of sp³-hybridized carbons (Fsp3) is 0.286. The van der Waals surface area contributed by atoms with E-state index < -0.39 is 0 Å². The molecule has 1 aromatic rings. The number of rotatable bonds is 0. The van der Waals surface area contributed by atoms with Crippen LogP contribution in [-0.4, -0.2) is 12.4 Å². The predicted molar refractivity (Wildman–Crippen MR) is 46.5 cm³/mol. The zero-order valence-corrected chi connectivity index (χ0v) is 8.00. The van der Waals surface area contributed by atoms with Gasteiger partial charge in [-0.2, -0.15) is 0 Å². The predicted octanol–water partition coefficient (Wildman–Crippen LogP) is 2.48. The van der Waals surface area contributed by atoms with Crippen molar-refractivity contribution < 1.29 is 9.53 Å². The standard InChI is InChI=1S/C7H5BrO2S/c8-6-3-5-7(11-6)4(9)1-2-10-5/h3H,1-2H2. The fourth-order valence-electron chi connectivity index (χ4n) is 1.01. The van der Waals surface area contributed by atoms with Crippen LogP contribution in [0.4, 0.5) is 0 Å². The van der Waals surface area contributed by atoms with Gasteiger partial charge in [0.1, 0.15) is 10.6 Å². The zero-order chi connectivity index (χ0) is 7.84. The van der Waals surface area contributed by atoms with Gasteiger partial charge in [-0.05, 0) is 15.9 Å². The molecule has 0 N–H and O–H groups in total. The van der Waals surface area contributed by atoms with Crippen LogP contribution in [-0.2, 0) is 0 Å². The Morgan fingerprint density at radius 3 is 3.18 bits per heavy atom. The maximum Gasteiger partial charge on any atom is 0.179 e. The molecule has 1 aliphatic rings. The van der Waals surface area contributed by atoms with Crippen LogP contribution in [0.25, 0.3) is 0 Å². The summed E-state index contributed by atoms with van der Waals surface area (Å²) in [6.07, 6.45) is 0.514. The number of halogens is 1. The van der Waals surface area contributed by atoms with Gasteiger partial charge in [-0.15, -0.1) is 11.3 Å². The van der Waals surface area contributed by atoms with Crippen molar-refractivity contribution in [1.82, 2.24) is 0 Å². The molecule has 0 radical (unpaired) electrons. The molecule has 0 fully saturated rings. The molecule has 0 saturated carbocycles. The first-order valence-electron chi connectivity index (χ1n) is 3.23. The molecule has 11 heavy (non-hydrogen) atoms. The molecule has 0 amide bonds. The van der Waals surface area contributed by atoms with Crippen molar-refractivity contribution in [1.29, 1.82) is 0 Å². The summed E-state index contributed by atoms with van der Waals surface area (Å²) in [6, 6.07) is 1.84. The molecule has 2 heterocycles. The Kier molecular flexibility index (Phi) is 1.73. The lowest BCUT2D eigenvalue weighted by molar-refractivity contribution is 0.0939. The minimum Gasteiger partial charge on any atom is -0.491 e. The monoisotopic (exact) mass is 232 g/mol. The van der Waals surface area contributed by atoms with Crippen LogP contribution >= 0.6 is 27.3 Å². The van der Waals surface area contributed by atoms with Crippen molar-refractivity contribution in [3.63, 3.8) is 0 Å². The molecular weight excluding hydrogens is 228 g/mol. The van der Waals surface area contributed by atoms with E-state index in [4.69, 9.17) is 4.74 Å². The van der Waals surface area contributed by atoms with Crippen molar-refractivity contribution in [3.8, 4) is 5.75 Å². The highest BCUT2D eigenvalue weighted by atomic mass is 79.9. The zero-order valence-electron chi connectivity index (χ0n) is 5.59. The molecule has 0 unspecified atom stereocenters. The summed E-state index contributed by atoms with van der Waals surface area (Å²) < 4.78 is 6.23. The first-order valence-corrected chi connectivity index (χ1v) is 4.83. The van der Waals surface area contributed by atoms with Gasteiger partial charge in [0.2, 0.25) is 0 Å². The Labute approximate surface area is 76.3 Å². The van der Waals surface area contributed by atoms with E-state index in [2.05, 4.69) is 15.9 Å². The molecule has 0 spiro atoms. The average molecular weight is 233 g/mol. The van der Waals surface area contributed by atoms with Gasteiger partial charge in [0.25, 0.3) is 0 Å². The van der Waals surface area contributed by atoms with E-state index in [1.54, 1.807) is 0 Å². The number of Topliss-reactive ketones (excluding diaryl/α,β-unsaturated/α-hetero) is 1. The topological polar surface area (TPSA) is 26.3 Å². The van der Waals surface area contributed by atoms with Crippen molar-refractivity contribution in [2.75, 3.05) is 6.61 Å². The van der Waals surface area contributed by atoms with Crippen LogP contribution in [0.5, 0.6) is 5.75 Å². The SMILES string of the molecule is O=C1CCOc2cc(Br)sc21. The average Bonchev–Trinajstić information content (AvgIpc) is 2.31. The maximum atomic E-state index is 11.2. The highest BCUT2D eigenvalue weighted by Gasteiger charge is 2.20. The Morgan fingerprint density at radius 1 is 1.64 bits per heavy atom. The lowest BCUT2D eigenvalue weighted by Crippen LogP contribution is -2.12. The molecule has 1 aromatic heterocycles. The van der Waals surface area contributed by atoms with Crippen LogP contribution in [0.1, 0.15) is 16.1 Å². The summed E-state index contributed by atoms with van der Waals surface area (Å²) in [5.41, 5.74) is 0. The second-order valence-electron chi connectivity index (χ2n) is 2.27. The lowest BCUT2D eigenvalue weighted by atomic mass is 10.2. The van der Waals surface area contributed by atoms with E-state index in [0.717, 1.165) is 14.4 Å². The molecule has 2 rings (SSSR count).